The summed E-state index contributed by atoms with van der Waals surface area (Å²) >= 11 is 1.16. The minimum absolute atomic E-state index is 0.221. The van der Waals surface area contributed by atoms with E-state index in [1.165, 1.54) is 0 Å². The number of aromatic nitrogens is 3. The fourth-order valence-electron chi connectivity index (χ4n) is 2.00. The fraction of sp³-hybridized carbons (Fsp3) is 0.143. The number of nitrogens with zero attached hydrogens (tertiary/aromatic N) is 3. The molecule has 0 fully saturated rings. The van der Waals surface area contributed by atoms with Crippen molar-refractivity contribution in [3.63, 3.8) is 0 Å². The summed E-state index contributed by atoms with van der Waals surface area (Å²) in [6, 6.07) is 9.26. The summed E-state index contributed by atoms with van der Waals surface area (Å²) in [5, 5.41) is 7.03. The molecule has 3 rings (SSSR count). The van der Waals surface area contributed by atoms with Crippen LogP contribution in [-0.4, -0.2) is 27.3 Å². The molecular formula is C14H13N5OS. The molecule has 2 N–H and O–H groups in total. The van der Waals surface area contributed by atoms with E-state index in [0.717, 1.165) is 22.4 Å². The predicted molar refractivity (Wildman–Crippen MR) is 83.9 cm³/mol. The molecule has 106 valence electrons. The number of para-hydroxylation sites is 1. The average molecular weight is 299 g/mol. The van der Waals surface area contributed by atoms with Crippen LogP contribution in [-0.2, 0) is 0 Å². The third-order valence-corrected chi connectivity index (χ3v) is 3.69. The summed E-state index contributed by atoms with van der Waals surface area (Å²) in [6.07, 6.45) is 0. The first kappa shape index (κ1) is 13.4. The Bertz CT molecular complexity index is 814. The van der Waals surface area contributed by atoms with Crippen LogP contribution in [0.5, 0.6) is 0 Å². The van der Waals surface area contributed by atoms with Gasteiger partial charge >= 0.3 is 0 Å². The molecule has 2 heterocycles. The van der Waals surface area contributed by atoms with E-state index in [1.807, 2.05) is 24.3 Å². The highest BCUT2D eigenvalue weighted by molar-refractivity contribution is 7.09. The zero-order valence-corrected chi connectivity index (χ0v) is 12.4. The smallest absolute Gasteiger partial charge is 0.258 e. The van der Waals surface area contributed by atoms with Gasteiger partial charge in [-0.05, 0) is 19.1 Å². The lowest BCUT2D eigenvalue weighted by Crippen LogP contribution is -2.13. The van der Waals surface area contributed by atoms with Gasteiger partial charge in [0.05, 0.1) is 11.1 Å². The highest BCUT2D eigenvalue weighted by Gasteiger charge is 2.14. The minimum Gasteiger partial charge on any atom is -0.373 e. The van der Waals surface area contributed by atoms with Gasteiger partial charge < -0.3 is 5.32 Å². The molecule has 7 heteroatoms. The second kappa shape index (κ2) is 5.45. The molecule has 0 saturated carbocycles. The maximum absolute atomic E-state index is 12.5. The maximum Gasteiger partial charge on any atom is 0.258 e. The van der Waals surface area contributed by atoms with Crippen LogP contribution in [0.3, 0.4) is 0 Å². The van der Waals surface area contributed by atoms with Crippen LogP contribution in [0.4, 0.5) is 10.9 Å². The molecule has 2 aromatic heterocycles. The molecule has 0 aliphatic rings. The van der Waals surface area contributed by atoms with Gasteiger partial charge in [-0.15, -0.1) is 0 Å². The standard InChI is InChI=1S/C14H13N5OS/c1-8-16-14(21-19-8)18-13(20)10-7-12(15-2)17-11-6-4-3-5-9(10)11/h3-7H,1-2H3,(H,15,17)(H,16,18,19,20). The molecule has 21 heavy (non-hydrogen) atoms. The van der Waals surface area contributed by atoms with Crippen molar-refractivity contribution in [2.45, 2.75) is 6.92 Å². The highest BCUT2D eigenvalue weighted by atomic mass is 32.1. The Balaban J connectivity index is 2.03. The Morgan fingerprint density at radius 1 is 1.24 bits per heavy atom. The number of carbonyl (C=O) groups excluding carboxylic acids is 1. The van der Waals surface area contributed by atoms with Crippen LogP contribution in [0.25, 0.3) is 10.9 Å². The molecule has 0 aliphatic heterocycles. The van der Waals surface area contributed by atoms with Crippen molar-refractivity contribution in [2.24, 2.45) is 0 Å². The Morgan fingerprint density at radius 3 is 2.76 bits per heavy atom. The summed E-state index contributed by atoms with van der Waals surface area (Å²) in [4.78, 5) is 21.1. The summed E-state index contributed by atoms with van der Waals surface area (Å²) in [5.74, 6) is 1.07. The number of pyridine rings is 1. The first-order valence-corrected chi connectivity index (χ1v) is 7.14. The Labute approximate surface area is 125 Å². The van der Waals surface area contributed by atoms with Crippen molar-refractivity contribution in [1.82, 2.24) is 14.3 Å². The van der Waals surface area contributed by atoms with Crippen molar-refractivity contribution in [3.8, 4) is 0 Å². The van der Waals surface area contributed by atoms with Crippen molar-refractivity contribution >= 4 is 39.3 Å². The normalized spacial score (nSPS) is 10.6. The van der Waals surface area contributed by atoms with E-state index >= 15 is 0 Å². The summed E-state index contributed by atoms with van der Waals surface area (Å²) in [5.41, 5.74) is 1.32. The Hall–Kier alpha value is -2.54. The minimum atomic E-state index is -0.221. The summed E-state index contributed by atoms with van der Waals surface area (Å²) in [6.45, 7) is 1.78. The van der Waals surface area contributed by atoms with Crippen molar-refractivity contribution in [1.29, 1.82) is 0 Å². The number of fused-ring (bicyclic) bond motifs is 1. The van der Waals surface area contributed by atoms with Crippen LogP contribution in [0.2, 0.25) is 0 Å². The second-order valence-electron chi connectivity index (χ2n) is 4.42. The predicted octanol–water partition coefficient (Wildman–Crippen LogP) is 2.69. The zero-order chi connectivity index (χ0) is 14.8. The van der Waals surface area contributed by atoms with Crippen LogP contribution in [0.1, 0.15) is 16.2 Å². The van der Waals surface area contributed by atoms with Crippen molar-refractivity contribution < 1.29 is 4.79 Å². The van der Waals surface area contributed by atoms with E-state index in [4.69, 9.17) is 0 Å². The molecular weight excluding hydrogens is 286 g/mol. The van der Waals surface area contributed by atoms with E-state index in [1.54, 1.807) is 20.0 Å². The quantitative estimate of drug-likeness (QED) is 0.777. The van der Waals surface area contributed by atoms with Gasteiger partial charge in [0.15, 0.2) is 0 Å². The van der Waals surface area contributed by atoms with Crippen LogP contribution >= 0.6 is 11.5 Å². The Kier molecular flexibility index (Phi) is 3.49. The van der Waals surface area contributed by atoms with Gasteiger partial charge in [-0.25, -0.2) is 9.97 Å². The van der Waals surface area contributed by atoms with E-state index in [0.29, 0.717) is 22.3 Å². The fourth-order valence-corrected chi connectivity index (χ4v) is 2.57. The molecule has 1 aromatic carbocycles. The largest absolute Gasteiger partial charge is 0.373 e. The van der Waals surface area contributed by atoms with Gasteiger partial charge in [0.1, 0.15) is 11.6 Å². The average Bonchev–Trinajstić information content (AvgIpc) is 2.91. The molecule has 0 atom stereocenters. The van der Waals surface area contributed by atoms with Crippen molar-refractivity contribution in [2.75, 3.05) is 17.7 Å². The molecule has 0 aliphatic carbocycles. The molecule has 6 nitrogen and oxygen atoms in total. The number of benzene rings is 1. The van der Waals surface area contributed by atoms with Crippen molar-refractivity contribution in [3.05, 3.63) is 41.7 Å². The Morgan fingerprint density at radius 2 is 2.05 bits per heavy atom. The first-order chi connectivity index (χ1) is 10.2. The molecule has 0 bridgehead atoms. The van der Waals surface area contributed by atoms with Gasteiger partial charge in [0.25, 0.3) is 5.91 Å². The lowest BCUT2D eigenvalue weighted by molar-refractivity contribution is 0.102. The molecule has 0 spiro atoms. The second-order valence-corrected chi connectivity index (χ2v) is 5.17. The van der Waals surface area contributed by atoms with Crippen LogP contribution in [0.15, 0.2) is 30.3 Å². The summed E-state index contributed by atoms with van der Waals surface area (Å²) in [7, 11) is 1.77. The number of aryl methyl sites for hydroxylation is 1. The molecule has 0 saturated heterocycles. The number of carbonyl (C=O) groups is 1. The maximum atomic E-state index is 12.5. The van der Waals surface area contributed by atoms with Crippen LogP contribution < -0.4 is 10.6 Å². The number of amides is 1. The number of hydrogen-bond acceptors (Lipinski definition) is 6. The van der Waals surface area contributed by atoms with E-state index < -0.39 is 0 Å². The highest BCUT2D eigenvalue weighted by Crippen LogP contribution is 2.22. The number of anilines is 2. The number of rotatable bonds is 3. The van der Waals surface area contributed by atoms with Gasteiger partial charge in [-0.2, -0.15) is 4.37 Å². The van der Waals surface area contributed by atoms with Gasteiger partial charge in [0.2, 0.25) is 5.13 Å². The number of nitrogens with one attached hydrogen (secondary N) is 2. The molecule has 3 aromatic rings. The summed E-state index contributed by atoms with van der Waals surface area (Å²) < 4.78 is 4.05. The van der Waals surface area contributed by atoms with E-state index in [-0.39, 0.29) is 5.91 Å². The molecule has 0 radical (unpaired) electrons. The van der Waals surface area contributed by atoms with E-state index in [9.17, 15) is 4.79 Å². The first-order valence-electron chi connectivity index (χ1n) is 6.36. The third-order valence-electron chi connectivity index (χ3n) is 2.96. The monoisotopic (exact) mass is 299 g/mol. The van der Waals surface area contributed by atoms with Crippen LogP contribution in [0, 0.1) is 6.92 Å². The topological polar surface area (TPSA) is 79.8 Å². The number of hydrogen-bond donors (Lipinski definition) is 2. The van der Waals surface area contributed by atoms with Gasteiger partial charge in [-0.1, -0.05) is 18.2 Å². The van der Waals surface area contributed by atoms with Gasteiger partial charge in [-0.3, -0.25) is 10.1 Å². The van der Waals surface area contributed by atoms with E-state index in [2.05, 4.69) is 25.0 Å². The molecule has 0 unspecified atom stereocenters. The SMILES string of the molecule is CNc1cc(C(=O)Nc2nc(C)ns2)c2ccccc2n1. The lowest BCUT2D eigenvalue weighted by Gasteiger charge is -2.08. The molecule has 1 amide bonds. The van der Waals surface area contributed by atoms with Gasteiger partial charge in [0, 0.05) is 24.0 Å². The lowest BCUT2D eigenvalue weighted by atomic mass is 10.1. The third kappa shape index (κ3) is 2.68. The zero-order valence-electron chi connectivity index (χ0n) is 11.5.